The van der Waals surface area contributed by atoms with Gasteiger partial charge < -0.3 is 15.9 Å². The smallest absolute Gasteiger partial charge is 0.869 e. The van der Waals surface area contributed by atoms with Crippen molar-refractivity contribution in [3.8, 4) is 11.5 Å². The predicted molar refractivity (Wildman–Crippen MR) is 116 cm³/mol. The van der Waals surface area contributed by atoms with Gasteiger partial charge in [-0.05, 0) is 36.1 Å². The zero-order valence-electron chi connectivity index (χ0n) is 18.0. The van der Waals surface area contributed by atoms with Crippen LogP contribution < -0.4 is 40.4 Å². The molecule has 0 spiro atoms. The number of nitrogen functional groups attached to an aromatic ring is 1. The van der Waals surface area contributed by atoms with Crippen molar-refractivity contribution in [1.82, 2.24) is 0 Å². The van der Waals surface area contributed by atoms with E-state index in [0.717, 1.165) is 36.4 Å². The van der Waals surface area contributed by atoms with Gasteiger partial charge >= 0.3 is 29.6 Å². The van der Waals surface area contributed by atoms with Crippen molar-refractivity contribution in [2.24, 2.45) is 20.5 Å². The zero-order chi connectivity index (χ0) is 25.9. The van der Waals surface area contributed by atoms with Crippen molar-refractivity contribution in [3.05, 3.63) is 68.8 Å². The van der Waals surface area contributed by atoms with E-state index in [9.17, 15) is 43.4 Å². The van der Waals surface area contributed by atoms with Crippen molar-refractivity contribution in [3.63, 3.8) is 0 Å². The Morgan fingerprint density at radius 2 is 1.50 bits per heavy atom. The molecule has 180 valence electrons. The summed E-state index contributed by atoms with van der Waals surface area (Å²) in [5, 5.41) is 58.8. The number of nitrogens with two attached hydrogens (primary N) is 1. The van der Waals surface area contributed by atoms with Crippen molar-refractivity contribution < 1.29 is 62.6 Å². The molecule has 18 heteroatoms. The Hall–Kier alpha value is -4.03. The molecule has 4 N–H and O–H groups in total. The van der Waals surface area contributed by atoms with E-state index < -0.39 is 59.1 Å². The molecule has 3 rings (SSSR count). The monoisotopic (exact) mass is 525 g/mol. The van der Waals surface area contributed by atoms with E-state index in [-0.39, 0.29) is 46.6 Å². The molecule has 36 heavy (non-hydrogen) atoms. The molecule has 0 aliphatic heterocycles. The minimum atomic E-state index is -4.93. The van der Waals surface area contributed by atoms with Crippen LogP contribution >= 0.6 is 0 Å². The molecule has 3 aromatic rings. The molecule has 0 unspecified atom stereocenters. The second-order valence-corrected chi connectivity index (χ2v) is 7.96. The van der Waals surface area contributed by atoms with Crippen LogP contribution in [-0.2, 0) is 10.1 Å². The first-order valence-electron chi connectivity index (χ1n) is 9.05. The fourth-order valence-corrected chi connectivity index (χ4v) is 3.26. The van der Waals surface area contributed by atoms with E-state index in [0.29, 0.717) is 6.07 Å². The Morgan fingerprint density at radius 1 is 0.861 bits per heavy atom. The number of hydrogen-bond donors (Lipinski definition) is 3. The SMILES string of the molecule is Nc1cc(N=Nc2c(O)ccc(N=Nc3ccc([N+](=O)[O-])cc3S(=O)(=O)O)c2[O-])ccc1[N+](=O)[O-].[Na+]. The van der Waals surface area contributed by atoms with Crippen LogP contribution in [0, 0.1) is 20.2 Å². The summed E-state index contributed by atoms with van der Waals surface area (Å²) in [5.41, 5.74) is 2.85. The second-order valence-electron chi connectivity index (χ2n) is 6.57. The quantitative estimate of drug-likeness (QED) is 0.0981. The number of nitrogens with zero attached hydrogens (tertiary/aromatic N) is 6. The number of benzene rings is 3. The average molecular weight is 525 g/mol. The number of rotatable bonds is 7. The summed E-state index contributed by atoms with van der Waals surface area (Å²) in [6, 6.07) is 7.82. The van der Waals surface area contributed by atoms with Gasteiger partial charge in [0.2, 0.25) is 0 Å². The normalized spacial score (nSPS) is 11.5. The topological polar surface area (TPSA) is 259 Å². The maximum Gasteiger partial charge on any atom is 1.00 e. The molecule has 0 atom stereocenters. The molecule has 0 aromatic heterocycles. The Balaban J connectivity index is 0.00000456. The fraction of sp³-hybridized carbons (Fsp3) is 0. The Bertz CT molecular complexity index is 1530. The van der Waals surface area contributed by atoms with Crippen LogP contribution in [0.5, 0.6) is 11.5 Å². The van der Waals surface area contributed by atoms with Gasteiger partial charge in [-0.1, -0.05) is 0 Å². The summed E-state index contributed by atoms with van der Waals surface area (Å²) in [4.78, 5) is 19.2. The van der Waals surface area contributed by atoms with Gasteiger partial charge in [-0.25, -0.2) is 0 Å². The number of anilines is 1. The predicted octanol–water partition coefficient (Wildman–Crippen LogP) is 0.946. The van der Waals surface area contributed by atoms with E-state index in [4.69, 9.17) is 5.73 Å². The number of phenols is 1. The third-order valence-electron chi connectivity index (χ3n) is 4.26. The average Bonchev–Trinajstić information content (AvgIpc) is 2.77. The molecule has 16 nitrogen and oxygen atoms in total. The number of nitro groups is 2. The molecule has 3 aromatic carbocycles. The molecular weight excluding hydrogens is 513 g/mol. The standard InChI is InChI=1S/C18H13N7O9S.Na/c19-11-7-9(1-5-14(11)25(30)31)20-23-17-15(26)6-4-13(18(17)27)22-21-12-3-2-10(24(28)29)8-16(12)35(32,33)34;/h1-8,26-27H,19H2,(H,32,33,34);/q;+1/p-1. The summed E-state index contributed by atoms with van der Waals surface area (Å²) in [7, 11) is -4.93. The number of aromatic hydroxyl groups is 1. The van der Waals surface area contributed by atoms with Crippen LogP contribution in [-0.4, -0.2) is 27.9 Å². The zero-order valence-corrected chi connectivity index (χ0v) is 20.9. The van der Waals surface area contributed by atoms with Crippen LogP contribution in [0.3, 0.4) is 0 Å². The van der Waals surface area contributed by atoms with Crippen LogP contribution in [0.25, 0.3) is 0 Å². The first kappa shape index (κ1) is 28.2. The van der Waals surface area contributed by atoms with Gasteiger partial charge in [-0.15, -0.1) is 10.2 Å². The maximum atomic E-state index is 12.6. The van der Waals surface area contributed by atoms with Crippen LogP contribution in [0.1, 0.15) is 0 Å². The largest absolute Gasteiger partial charge is 1.00 e. The first-order valence-corrected chi connectivity index (χ1v) is 10.5. The number of nitro benzene ring substituents is 2. The summed E-state index contributed by atoms with van der Waals surface area (Å²) < 4.78 is 32.5. The third kappa shape index (κ3) is 6.34. The molecule has 0 fully saturated rings. The van der Waals surface area contributed by atoms with E-state index >= 15 is 0 Å². The molecule has 0 saturated carbocycles. The Morgan fingerprint density at radius 3 is 2.08 bits per heavy atom. The number of phenolic OH excluding ortho intramolecular Hbond substituents is 1. The number of hydrogen-bond acceptors (Lipinski definition) is 13. The second kappa shape index (κ2) is 11.1. The molecule has 0 heterocycles. The summed E-state index contributed by atoms with van der Waals surface area (Å²) >= 11 is 0. The van der Waals surface area contributed by atoms with E-state index in [1.54, 1.807) is 0 Å². The Kier molecular flexibility index (Phi) is 8.73. The minimum Gasteiger partial charge on any atom is -0.869 e. The minimum absolute atomic E-state index is 0. The van der Waals surface area contributed by atoms with Gasteiger partial charge in [0, 0.05) is 18.2 Å². The van der Waals surface area contributed by atoms with Crippen molar-refractivity contribution in [2.45, 2.75) is 4.90 Å². The molecule has 0 aliphatic carbocycles. The summed E-state index contributed by atoms with van der Waals surface area (Å²) in [6.45, 7) is 0. The van der Waals surface area contributed by atoms with E-state index in [1.807, 2.05) is 0 Å². The molecular formula is C18H12N7NaO9S. The first-order chi connectivity index (χ1) is 16.4. The van der Waals surface area contributed by atoms with Gasteiger partial charge in [-0.3, -0.25) is 24.8 Å². The molecule has 0 radical (unpaired) electrons. The van der Waals surface area contributed by atoms with Crippen molar-refractivity contribution in [2.75, 3.05) is 5.73 Å². The molecule has 0 saturated heterocycles. The summed E-state index contributed by atoms with van der Waals surface area (Å²) in [6.07, 6.45) is 0. The fourth-order valence-electron chi connectivity index (χ4n) is 2.62. The molecule has 0 bridgehead atoms. The summed E-state index contributed by atoms with van der Waals surface area (Å²) in [5.74, 6) is -1.58. The third-order valence-corrected chi connectivity index (χ3v) is 5.14. The van der Waals surface area contributed by atoms with Gasteiger partial charge in [0.25, 0.3) is 21.5 Å². The number of azo groups is 2. The van der Waals surface area contributed by atoms with E-state index in [1.165, 1.54) is 6.07 Å². The van der Waals surface area contributed by atoms with Gasteiger partial charge in [0.1, 0.15) is 27.7 Å². The number of non-ortho nitro benzene ring substituents is 1. The maximum absolute atomic E-state index is 12.6. The Labute approximate surface area is 223 Å². The van der Waals surface area contributed by atoms with E-state index in [2.05, 4.69) is 20.5 Å². The molecule has 0 amide bonds. The van der Waals surface area contributed by atoms with Gasteiger partial charge in [0.15, 0.2) is 0 Å². The van der Waals surface area contributed by atoms with Gasteiger partial charge in [-0.2, -0.15) is 18.6 Å². The molecule has 0 aliphatic rings. The van der Waals surface area contributed by atoms with Crippen LogP contribution in [0.2, 0.25) is 0 Å². The van der Waals surface area contributed by atoms with Crippen LogP contribution in [0.15, 0.2) is 73.9 Å². The van der Waals surface area contributed by atoms with Gasteiger partial charge in [0.05, 0.1) is 21.2 Å². The van der Waals surface area contributed by atoms with Crippen molar-refractivity contribution in [1.29, 1.82) is 0 Å². The van der Waals surface area contributed by atoms with Crippen molar-refractivity contribution >= 4 is 49.9 Å². The van der Waals surface area contributed by atoms with Crippen LogP contribution in [0.4, 0.5) is 39.8 Å².